The molecule has 0 radical (unpaired) electrons. The predicted octanol–water partition coefficient (Wildman–Crippen LogP) is 2.28. The van der Waals surface area contributed by atoms with Crippen LogP contribution in [0.1, 0.15) is 10.4 Å². The molecule has 4 rings (SSSR count). The summed E-state index contributed by atoms with van der Waals surface area (Å²) in [4.78, 5) is 24.8. The maximum atomic E-state index is 12.7. The van der Waals surface area contributed by atoms with E-state index in [2.05, 4.69) is 20.6 Å². The lowest BCUT2D eigenvalue weighted by Crippen LogP contribution is -2.17. The Kier molecular flexibility index (Phi) is 3.77. The molecule has 8 nitrogen and oxygen atoms in total. The Morgan fingerprint density at radius 2 is 1.96 bits per heavy atom. The minimum absolute atomic E-state index is 0.161. The van der Waals surface area contributed by atoms with Gasteiger partial charge in [0.15, 0.2) is 0 Å². The van der Waals surface area contributed by atoms with Crippen molar-refractivity contribution in [3.63, 3.8) is 0 Å². The molecular weight excluding hydrogens is 334 g/mol. The first-order chi connectivity index (χ1) is 12.7. The average molecular weight is 349 g/mol. The summed E-state index contributed by atoms with van der Waals surface area (Å²) in [7, 11) is 1.56. The number of amides is 1. The van der Waals surface area contributed by atoms with Gasteiger partial charge < -0.3 is 10.1 Å². The van der Waals surface area contributed by atoms with E-state index in [4.69, 9.17) is 4.74 Å². The highest BCUT2D eigenvalue weighted by Crippen LogP contribution is 2.23. The van der Waals surface area contributed by atoms with Gasteiger partial charge in [-0.15, -0.1) is 0 Å². The topological polar surface area (TPSA) is 104 Å². The van der Waals surface area contributed by atoms with Crippen molar-refractivity contribution >= 4 is 17.1 Å². The van der Waals surface area contributed by atoms with Gasteiger partial charge in [-0.1, -0.05) is 30.3 Å². The molecule has 0 bridgehead atoms. The summed E-state index contributed by atoms with van der Waals surface area (Å²) in [6, 6.07) is 12.7. The number of fused-ring (bicyclic) bond motifs is 1. The number of carbonyl (C=O) groups excluding carboxylic acids is 1. The predicted molar refractivity (Wildman–Crippen MR) is 96.5 cm³/mol. The summed E-state index contributed by atoms with van der Waals surface area (Å²) in [5.41, 5.74) is 2.01. The normalized spacial score (nSPS) is 10.8. The lowest BCUT2D eigenvalue weighted by atomic mass is 10.1. The van der Waals surface area contributed by atoms with Crippen molar-refractivity contribution in [2.75, 3.05) is 12.4 Å². The van der Waals surface area contributed by atoms with Crippen LogP contribution in [0.3, 0.4) is 0 Å². The lowest BCUT2D eigenvalue weighted by molar-refractivity contribution is 0.102. The number of hydrogen-bond acceptors (Lipinski definition) is 4. The number of benzene rings is 1. The van der Waals surface area contributed by atoms with Gasteiger partial charge in [-0.25, -0.2) is 4.52 Å². The van der Waals surface area contributed by atoms with Crippen molar-refractivity contribution < 1.29 is 9.53 Å². The maximum Gasteiger partial charge on any atom is 0.288 e. The van der Waals surface area contributed by atoms with E-state index < -0.39 is 11.5 Å². The summed E-state index contributed by atoms with van der Waals surface area (Å²) in [5.74, 6) is 0.202. The smallest absolute Gasteiger partial charge is 0.288 e. The molecule has 0 spiro atoms. The van der Waals surface area contributed by atoms with E-state index in [1.54, 1.807) is 30.0 Å². The minimum atomic E-state index is -0.424. The van der Waals surface area contributed by atoms with Crippen molar-refractivity contribution in [1.82, 2.24) is 19.8 Å². The van der Waals surface area contributed by atoms with Crippen LogP contribution >= 0.6 is 0 Å². The molecule has 3 N–H and O–H groups in total. The van der Waals surface area contributed by atoms with Crippen molar-refractivity contribution in [3.05, 3.63) is 70.8 Å². The van der Waals surface area contributed by atoms with Gasteiger partial charge in [-0.3, -0.25) is 19.8 Å². The zero-order chi connectivity index (χ0) is 18.1. The van der Waals surface area contributed by atoms with Crippen LogP contribution in [0.5, 0.6) is 5.75 Å². The molecule has 0 fully saturated rings. The van der Waals surface area contributed by atoms with E-state index in [0.29, 0.717) is 22.5 Å². The molecule has 0 aliphatic heterocycles. The van der Waals surface area contributed by atoms with E-state index in [1.807, 2.05) is 30.3 Å². The SMILES string of the molecule is COc1ccc2c(C(=O)Nc3c(-c4ccccc4)[nH][nH]c3=O)cnn2c1. The Morgan fingerprint density at radius 3 is 2.73 bits per heavy atom. The van der Waals surface area contributed by atoms with Crippen LogP contribution in [0.4, 0.5) is 5.69 Å². The minimum Gasteiger partial charge on any atom is -0.495 e. The Balaban J connectivity index is 1.70. The molecular formula is C18H15N5O3. The van der Waals surface area contributed by atoms with Crippen LogP contribution in [0.2, 0.25) is 0 Å². The van der Waals surface area contributed by atoms with E-state index in [0.717, 1.165) is 5.56 Å². The first-order valence-electron chi connectivity index (χ1n) is 7.86. The number of H-pyrrole nitrogens is 2. The third-order valence-electron chi connectivity index (χ3n) is 4.05. The fraction of sp³-hybridized carbons (Fsp3) is 0.0556. The molecule has 3 heterocycles. The largest absolute Gasteiger partial charge is 0.495 e. The van der Waals surface area contributed by atoms with Gasteiger partial charge in [0, 0.05) is 5.56 Å². The third kappa shape index (κ3) is 2.63. The summed E-state index contributed by atoms with van der Waals surface area (Å²) in [6.45, 7) is 0. The number of rotatable bonds is 4. The highest BCUT2D eigenvalue weighted by molar-refractivity contribution is 6.09. The fourth-order valence-electron chi connectivity index (χ4n) is 2.74. The molecule has 1 amide bonds. The molecule has 3 aromatic heterocycles. The van der Waals surface area contributed by atoms with Crippen LogP contribution in [0.25, 0.3) is 16.8 Å². The Labute approximate surface area is 147 Å². The van der Waals surface area contributed by atoms with Gasteiger partial charge in [0.2, 0.25) is 0 Å². The first-order valence-corrected chi connectivity index (χ1v) is 7.86. The number of nitrogens with zero attached hydrogens (tertiary/aromatic N) is 2. The number of nitrogens with one attached hydrogen (secondary N) is 3. The van der Waals surface area contributed by atoms with Crippen LogP contribution in [0.15, 0.2) is 59.7 Å². The first kappa shape index (κ1) is 15.7. The molecule has 0 aliphatic carbocycles. The summed E-state index contributed by atoms with van der Waals surface area (Å²) in [6.07, 6.45) is 3.12. The second kappa shape index (κ2) is 6.25. The Bertz CT molecular complexity index is 1140. The number of methoxy groups -OCH3 is 1. The second-order valence-corrected chi connectivity index (χ2v) is 5.61. The molecule has 0 saturated heterocycles. The second-order valence-electron chi connectivity index (χ2n) is 5.61. The molecule has 0 saturated carbocycles. The van der Waals surface area contributed by atoms with Gasteiger partial charge in [-0.05, 0) is 12.1 Å². The number of anilines is 1. The zero-order valence-electron chi connectivity index (χ0n) is 13.8. The van der Waals surface area contributed by atoms with E-state index >= 15 is 0 Å². The van der Waals surface area contributed by atoms with Crippen LogP contribution in [-0.4, -0.2) is 32.8 Å². The Hall–Kier alpha value is -3.81. The number of ether oxygens (including phenoxy) is 1. The average Bonchev–Trinajstić information content (AvgIpc) is 3.26. The Morgan fingerprint density at radius 1 is 1.15 bits per heavy atom. The molecule has 26 heavy (non-hydrogen) atoms. The molecule has 0 atom stereocenters. The van der Waals surface area contributed by atoms with Crippen LogP contribution in [0, 0.1) is 0 Å². The van der Waals surface area contributed by atoms with E-state index in [-0.39, 0.29) is 5.69 Å². The van der Waals surface area contributed by atoms with Crippen LogP contribution in [-0.2, 0) is 0 Å². The summed E-state index contributed by atoms with van der Waals surface area (Å²) < 4.78 is 6.70. The molecule has 1 aromatic carbocycles. The van der Waals surface area contributed by atoms with Gasteiger partial charge in [0.25, 0.3) is 11.5 Å². The molecule has 4 aromatic rings. The van der Waals surface area contributed by atoms with Gasteiger partial charge >= 0.3 is 0 Å². The number of aromatic nitrogens is 4. The highest BCUT2D eigenvalue weighted by Gasteiger charge is 2.18. The summed E-state index contributed by atoms with van der Waals surface area (Å²) >= 11 is 0. The van der Waals surface area contributed by atoms with Crippen molar-refractivity contribution in [3.8, 4) is 17.0 Å². The zero-order valence-corrected chi connectivity index (χ0v) is 13.8. The summed E-state index contributed by atoms with van der Waals surface area (Å²) in [5, 5.41) is 12.2. The van der Waals surface area contributed by atoms with Gasteiger partial charge in [0.1, 0.15) is 11.4 Å². The van der Waals surface area contributed by atoms with Crippen molar-refractivity contribution in [2.24, 2.45) is 0 Å². The van der Waals surface area contributed by atoms with Crippen LogP contribution < -0.4 is 15.6 Å². The van der Waals surface area contributed by atoms with Gasteiger partial charge in [0.05, 0.1) is 36.3 Å². The third-order valence-corrected chi connectivity index (χ3v) is 4.05. The van der Waals surface area contributed by atoms with E-state index in [9.17, 15) is 9.59 Å². The molecule has 0 aliphatic rings. The number of hydrogen-bond donors (Lipinski definition) is 3. The van der Waals surface area contributed by atoms with E-state index in [1.165, 1.54) is 6.20 Å². The van der Waals surface area contributed by atoms with Gasteiger partial charge in [-0.2, -0.15) is 5.10 Å². The van der Waals surface area contributed by atoms with Crippen molar-refractivity contribution in [1.29, 1.82) is 0 Å². The maximum absolute atomic E-state index is 12.7. The number of carbonyl (C=O) groups is 1. The molecule has 0 unspecified atom stereocenters. The number of aromatic amines is 2. The lowest BCUT2D eigenvalue weighted by Gasteiger charge is -2.05. The monoisotopic (exact) mass is 349 g/mol. The molecule has 130 valence electrons. The highest BCUT2D eigenvalue weighted by atomic mass is 16.5. The number of pyridine rings is 1. The molecule has 8 heteroatoms. The van der Waals surface area contributed by atoms with Crippen molar-refractivity contribution in [2.45, 2.75) is 0 Å². The quantitative estimate of drug-likeness (QED) is 0.526. The fourth-order valence-corrected chi connectivity index (χ4v) is 2.74. The standard InChI is InChI=1S/C18H15N5O3/c1-26-12-7-8-14-13(9-19-23(14)10-12)17(24)20-16-15(21-22-18(16)25)11-5-3-2-4-6-11/h2-10H,1H3,(H,20,24)(H2,21,22,25).